The van der Waals surface area contributed by atoms with E-state index in [1.165, 1.54) is 30.5 Å². The second kappa shape index (κ2) is 9.18. The van der Waals surface area contributed by atoms with Crippen LogP contribution in [0.5, 0.6) is 0 Å². The number of aromatic nitrogens is 2. The van der Waals surface area contributed by atoms with Crippen LogP contribution in [0.2, 0.25) is 0 Å². The van der Waals surface area contributed by atoms with Crippen LogP contribution in [0.15, 0.2) is 54.9 Å². The number of carbonyl (C=O) groups excluding carboxylic acids is 2. The Morgan fingerprint density at radius 1 is 1.15 bits per heavy atom. The van der Waals surface area contributed by atoms with Crippen molar-refractivity contribution in [1.29, 1.82) is 0 Å². The fraction of sp³-hybridized carbons (Fsp3) is 0.217. The average molecular weight is 475 g/mol. The number of halogens is 4. The number of esters is 1. The lowest BCUT2D eigenvalue weighted by atomic mass is 9.86. The Morgan fingerprint density at radius 3 is 2.50 bits per heavy atom. The number of anilines is 1. The van der Waals surface area contributed by atoms with Gasteiger partial charge in [-0.25, -0.2) is 9.18 Å². The maximum Gasteiger partial charge on any atom is 0.433 e. The number of alkyl halides is 3. The van der Waals surface area contributed by atoms with Crippen molar-refractivity contribution in [1.82, 2.24) is 9.97 Å². The molecule has 176 valence electrons. The predicted molar refractivity (Wildman–Crippen MR) is 111 cm³/mol. The zero-order chi connectivity index (χ0) is 24.5. The number of nitrogens with one attached hydrogen (secondary N) is 1. The first-order valence-electron chi connectivity index (χ1n) is 9.98. The lowest BCUT2D eigenvalue weighted by molar-refractivity contribution is -0.144. The third kappa shape index (κ3) is 4.60. The van der Waals surface area contributed by atoms with Crippen LogP contribution in [0, 0.1) is 5.82 Å². The summed E-state index contributed by atoms with van der Waals surface area (Å²) in [5, 5.41) is 2.63. The molecule has 11 heteroatoms. The number of rotatable bonds is 5. The van der Waals surface area contributed by atoms with Crippen molar-refractivity contribution in [2.75, 3.05) is 19.0 Å². The third-order valence-electron chi connectivity index (χ3n) is 5.28. The standard InChI is InChI=1S/C23H17F4N3O4/c1-33-22(32)15-9-18(23(25,26)27)29-10-16(15)19-14(3-2-8-28-19)17-11-34-20(17)21(31)30-13-6-4-12(24)5-7-13/h2-10,17,20H,11H2,1H3,(H,30,31). The fourth-order valence-electron chi connectivity index (χ4n) is 3.57. The molecule has 1 saturated heterocycles. The monoisotopic (exact) mass is 475 g/mol. The van der Waals surface area contributed by atoms with Gasteiger partial charge >= 0.3 is 12.1 Å². The van der Waals surface area contributed by atoms with Gasteiger partial charge in [-0.3, -0.25) is 14.8 Å². The molecule has 2 unspecified atom stereocenters. The van der Waals surface area contributed by atoms with E-state index in [0.717, 1.165) is 13.3 Å². The number of hydrogen-bond donors (Lipinski definition) is 1. The first-order chi connectivity index (χ1) is 16.2. The van der Waals surface area contributed by atoms with Crippen LogP contribution in [-0.4, -0.2) is 41.7 Å². The van der Waals surface area contributed by atoms with Gasteiger partial charge in [0.15, 0.2) is 0 Å². The van der Waals surface area contributed by atoms with E-state index in [1.807, 2.05) is 0 Å². The summed E-state index contributed by atoms with van der Waals surface area (Å²) in [4.78, 5) is 32.7. The van der Waals surface area contributed by atoms with E-state index in [-0.39, 0.29) is 23.4 Å². The first kappa shape index (κ1) is 23.3. The van der Waals surface area contributed by atoms with Gasteiger partial charge in [-0.05, 0) is 42.0 Å². The van der Waals surface area contributed by atoms with Crippen LogP contribution in [0.3, 0.4) is 0 Å². The summed E-state index contributed by atoms with van der Waals surface area (Å²) >= 11 is 0. The van der Waals surface area contributed by atoms with Crippen molar-refractivity contribution in [3.63, 3.8) is 0 Å². The van der Waals surface area contributed by atoms with Gasteiger partial charge in [0.05, 0.1) is 25.0 Å². The third-order valence-corrected chi connectivity index (χ3v) is 5.28. The molecule has 4 rings (SSSR count). The molecule has 7 nitrogen and oxygen atoms in total. The summed E-state index contributed by atoms with van der Waals surface area (Å²) in [7, 11) is 1.05. The van der Waals surface area contributed by atoms with Gasteiger partial charge in [-0.2, -0.15) is 13.2 Å². The maximum absolute atomic E-state index is 13.2. The molecular weight excluding hydrogens is 458 g/mol. The summed E-state index contributed by atoms with van der Waals surface area (Å²) in [5.74, 6) is -2.44. The Balaban J connectivity index is 1.68. The Morgan fingerprint density at radius 2 is 1.88 bits per heavy atom. The minimum absolute atomic E-state index is 0.0278. The number of nitrogens with zero attached hydrogens (tertiary/aromatic N) is 2. The number of ether oxygens (including phenoxy) is 2. The molecule has 34 heavy (non-hydrogen) atoms. The second-order valence-corrected chi connectivity index (χ2v) is 7.40. The SMILES string of the molecule is COC(=O)c1cc(C(F)(F)F)ncc1-c1ncccc1C1COC1C(=O)Nc1ccc(F)cc1. The number of benzene rings is 1. The molecule has 1 aliphatic rings. The molecule has 0 saturated carbocycles. The van der Waals surface area contributed by atoms with Crippen LogP contribution in [0.1, 0.15) is 27.5 Å². The summed E-state index contributed by atoms with van der Waals surface area (Å²) in [5.41, 5.74) is -0.557. The summed E-state index contributed by atoms with van der Waals surface area (Å²) < 4.78 is 62.7. The van der Waals surface area contributed by atoms with E-state index in [1.54, 1.807) is 12.1 Å². The lowest BCUT2D eigenvalue weighted by Crippen LogP contribution is -2.46. The molecule has 1 N–H and O–H groups in total. The minimum Gasteiger partial charge on any atom is -0.465 e. The number of carbonyl (C=O) groups is 2. The normalized spacial score (nSPS) is 17.6. The van der Waals surface area contributed by atoms with Gasteiger partial charge in [0.25, 0.3) is 5.91 Å². The van der Waals surface area contributed by atoms with Crippen molar-refractivity contribution >= 4 is 17.6 Å². The molecule has 2 atom stereocenters. The van der Waals surface area contributed by atoms with Gasteiger partial charge in [0.1, 0.15) is 17.6 Å². The van der Waals surface area contributed by atoms with E-state index in [9.17, 15) is 27.2 Å². The lowest BCUT2D eigenvalue weighted by Gasteiger charge is -2.36. The molecule has 0 radical (unpaired) electrons. The molecule has 1 amide bonds. The topological polar surface area (TPSA) is 90.4 Å². The molecule has 3 heterocycles. The number of methoxy groups -OCH3 is 1. The summed E-state index contributed by atoms with van der Waals surface area (Å²) in [6.07, 6.45) is -3.38. The first-order valence-corrected chi connectivity index (χ1v) is 9.98. The molecule has 1 fully saturated rings. The van der Waals surface area contributed by atoms with Crippen molar-refractivity contribution in [3.05, 3.63) is 77.5 Å². The maximum atomic E-state index is 13.2. The van der Waals surface area contributed by atoms with Crippen LogP contribution >= 0.6 is 0 Å². The highest BCUT2D eigenvalue weighted by atomic mass is 19.4. The molecule has 0 bridgehead atoms. The van der Waals surface area contributed by atoms with Gasteiger partial charge in [-0.1, -0.05) is 6.07 Å². The van der Waals surface area contributed by atoms with Crippen molar-refractivity contribution < 1.29 is 36.6 Å². The quantitative estimate of drug-likeness (QED) is 0.439. The fourth-order valence-corrected chi connectivity index (χ4v) is 3.57. The number of hydrogen-bond acceptors (Lipinski definition) is 6. The average Bonchev–Trinajstić information content (AvgIpc) is 2.79. The van der Waals surface area contributed by atoms with Crippen LogP contribution in [0.25, 0.3) is 11.3 Å². The van der Waals surface area contributed by atoms with Crippen molar-refractivity contribution in [3.8, 4) is 11.3 Å². The van der Waals surface area contributed by atoms with Crippen LogP contribution in [0.4, 0.5) is 23.2 Å². The van der Waals surface area contributed by atoms with E-state index >= 15 is 0 Å². The summed E-state index contributed by atoms with van der Waals surface area (Å²) in [6, 6.07) is 9.03. The highest BCUT2D eigenvalue weighted by Crippen LogP contribution is 2.39. The smallest absolute Gasteiger partial charge is 0.433 e. The molecule has 3 aromatic rings. The largest absolute Gasteiger partial charge is 0.465 e. The molecular formula is C23H17F4N3O4. The van der Waals surface area contributed by atoms with Crippen LogP contribution in [-0.2, 0) is 20.4 Å². The Labute approximate surface area is 190 Å². The van der Waals surface area contributed by atoms with E-state index in [4.69, 9.17) is 4.74 Å². The Bertz CT molecular complexity index is 1230. The Kier molecular flexibility index (Phi) is 6.29. The van der Waals surface area contributed by atoms with E-state index < -0.39 is 41.6 Å². The van der Waals surface area contributed by atoms with Gasteiger partial charge in [0.2, 0.25) is 0 Å². The van der Waals surface area contributed by atoms with Gasteiger partial charge in [-0.15, -0.1) is 0 Å². The molecule has 1 aliphatic heterocycles. The number of pyridine rings is 2. The molecule has 1 aromatic carbocycles. The Hall–Kier alpha value is -3.86. The van der Waals surface area contributed by atoms with Crippen molar-refractivity contribution in [2.24, 2.45) is 0 Å². The van der Waals surface area contributed by atoms with Gasteiger partial charge < -0.3 is 14.8 Å². The minimum atomic E-state index is -4.76. The zero-order valence-electron chi connectivity index (χ0n) is 17.6. The molecule has 0 aliphatic carbocycles. The highest BCUT2D eigenvalue weighted by molar-refractivity contribution is 5.98. The van der Waals surface area contributed by atoms with Crippen LogP contribution < -0.4 is 5.32 Å². The molecule has 0 spiro atoms. The van der Waals surface area contributed by atoms with Gasteiger partial charge in [0, 0.05) is 29.6 Å². The predicted octanol–water partition coefficient (Wildman–Crippen LogP) is 4.21. The van der Waals surface area contributed by atoms with E-state index in [0.29, 0.717) is 17.3 Å². The van der Waals surface area contributed by atoms with Crippen molar-refractivity contribution in [2.45, 2.75) is 18.2 Å². The zero-order valence-corrected chi connectivity index (χ0v) is 17.6. The second-order valence-electron chi connectivity index (χ2n) is 7.40. The highest BCUT2D eigenvalue weighted by Gasteiger charge is 2.41. The van der Waals surface area contributed by atoms with E-state index in [2.05, 4.69) is 20.0 Å². The number of amides is 1. The summed E-state index contributed by atoms with van der Waals surface area (Å²) in [6.45, 7) is 0.141. The molecule has 2 aromatic heterocycles.